The van der Waals surface area contributed by atoms with Crippen LogP contribution in [-0.4, -0.2) is 51.9 Å². The van der Waals surface area contributed by atoms with E-state index in [1.165, 1.54) is 18.2 Å². The van der Waals surface area contributed by atoms with Crippen LogP contribution in [0.5, 0.6) is 5.75 Å². The van der Waals surface area contributed by atoms with Crippen molar-refractivity contribution in [1.82, 2.24) is 9.71 Å². The normalized spacial score (nSPS) is 15.7. The molecule has 0 fully saturated rings. The highest BCUT2D eigenvalue weighted by molar-refractivity contribution is 7.92. The van der Waals surface area contributed by atoms with Gasteiger partial charge in [-0.25, -0.2) is 18.1 Å². The van der Waals surface area contributed by atoms with Gasteiger partial charge in [0.1, 0.15) is 17.5 Å². The number of fused-ring (bicyclic) bond motifs is 1. The van der Waals surface area contributed by atoms with Gasteiger partial charge < -0.3 is 9.47 Å². The largest absolute Gasteiger partial charge is 0.486 e. The summed E-state index contributed by atoms with van der Waals surface area (Å²) < 4.78 is 146. The van der Waals surface area contributed by atoms with E-state index in [1.54, 1.807) is 25.5 Å². The molecule has 0 unspecified atom stereocenters. The van der Waals surface area contributed by atoms with E-state index in [9.17, 15) is 52.8 Å². The number of anilines is 1. The van der Waals surface area contributed by atoms with Gasteiger partial charge in [0.25, 0.3) is 20.0 Å². The number of carbonyl (C=O) groups is 2. The Hall–Kier alpha value is -4.39. The first kappa shape index (κ1) is 36.4. The van der Waals surface area contributed by atoms with Gasteiger partial charge in [0.2, 0.25) is 5.91 Å². The predicted octanol–water partition coefficient (Wildman–Crippen LogP) is 4.85. The van der Waals surface area contributed by atoms with Crippen LogP contribution in [0.3, 0.4) is 0 Å². The average molecular weight is 724 g/mol. The number of halogens is 6. The molecule has 2 aromatic carbocycles. The second kappa shape index (κ2) is 12.9. The molecule has 3 aromatic rings. The van der Waals surface area contributed by atoms with Crippen LogP contribution in [0.4, 0.5) is 32.0 Å². The SMILES string of the molecule is CC(C)(C)OC(=O)Cc1ccc2c(c1)N(S(=O)(=O)c1cccc(C(F)(F)F)c1)C[C@H](CC(=O)NS(=O)(=O)c1cc(C(F)(F)F)ccn1)O2. The summed E-state index contributed by atoms with van der Waals surface area (Å²) in [5, 5.41) is -1.12. The monoisotopic (exact) mass is 723 g/mol. The summed E-state index contributed by atoms with van der Waals surface area (Å²) in [4.78, 5) is 27.8. The number of ether oxygens (including phenoxy) is 2. The van der Waals surface area contributed by atoms with E-state index < -0.39 is 90.0 Å². The van der Waals surface area contributed by atoms with Crippen molar-refractivity contribution >= 4 is 37.6 Å². The quantitative estimate of drug-likeness (QED) is 0.254. The molecule has 19 heteroatoms. The van der Waals surface area contributed by atoms with Crippen molar-refractivity contribution in [1.29, 1.82) is 0 Å². The van der Waals surface area contributed by atoms with Gasteiger partial charge in [-0.1, -0.05) is 12.1 Å². The molecule has 0 spiro atoms. The molecule has 1 amide bonds. The molecular weight excluding hydrogens is 696 g/mol. The molecule has 1 N–H and O–H groups in total. The fourth-order valence-corrected chi connectivity index (χ4v) is 7.00. The van der Waals surface area contributed by atoms with Crippen LogP contribution in [0.25, 0.3) is 0 Å². The maximum atomic E-state index is 13.8. The lowest BCUT2D eigenvalue weighted by atomic mass is 10.1. The second-order valence-corrected chi connectivity index (χ2v) is 15.0. The molecule has 0 aliphatic carbocycles. The molecule has 0 radical (unpaired) electrons. The van der Waals surface area contributed by atoms with E-state index in [0.29, 0.717) is 28.7 Å². The number of hydrogen-bond donors (Lipinski definition) is 1. The van der Waals surface area contributed by atoms with Crippen molar-refractivity contribution in [3.05, 3.63) is 77.5 Å². The van der Waals surface area contributed by atoms with Gasteiger partial charge in [0, 0.05) is 6.20 Å². The molecule has 0 bridgehead atoms. The lowest BCUT2D eigenvalue weighted by Gasteiger charge is -2.35. The van der Waals surface area contributed by atoms with Crippen LogP contribution >= 0.6 is 0 Å². The first-order valence-electron chi connectivity index (χ1n) is 13.8. The molecular formula is C29H27F6N3O8S2. The minimum absolute atomic E-state index is 0.190. The molecule has 260 valence electrons. The summed E-state index contributed by atoms with van der Waals surface area (Å²) in [7, 11) is -9.76. The van der Waals surface area contributed by atoms with Crippen LogP contribution in [0, 0.1) is 0 Å². The summed E-state index contributed by atoms with van der Waals surface area (Å²) in [6.07, 6.45) is -11.9. The Morgan fingerprint density at radius 3 is 2.21 bits per heavy atom. The van der Waals surface area contributed by atoms with Crippen molar-refractivity contribution in [2.75, 3.05) is 10.8 Å². The number of amides is 1. The lowest BCUT2D eigenvalue weighted by molar-refractivity contribution is -0.154. The van der Waals surface area contributed by atoms with Crippen LogP contribution < -0.4 is 13.8 Å². The maximum Gasteiger partial charge on any atom is 0.416 e. The van der Waals surface area contributed by atoms with Gasteiger partial charge in [0.05, 0.1) is 41.1 Å². The lowest BCUT2D eigenvalue weighted by Crippen LogP contribution is -2.46. The fraction of sp³-hybridized carbons (Fsp3) is 0.345. The van der Waals surface area contributed by atoms with Crippen LogP contribution in [0.1, 0.15) is 43.9 Å². The van der Waals surface area contributed by atoms with Crippen LogP contribution in [-0.2, 0) is 53.1 Å². The first-order chi connectivity index (χ1) is 22.0. The summed E-state index contributed by atoms with van der Waals surface area (Å²) in [6, 6.07) is 7.47. The minimum Gasteiger partial charge on any atom is -0.486 e. The number of carbonyl (C=O) groups excluding carboxylic acids is 2. The molecule has 1 aliphatic rings. The third-order valence-corrected chi connectivity index (χ3v) is 9.52. The number of rotatable bonds is 8. The molecule has 4 rings (SSSR count). The smallest absolute Gasteiger partial charge is 0.416 e. The molecule has 1 atom stereocenters. The Morgan fingerprint density at radius 2 is 1.58 bits per heavy atom. The Labute approximate surface area is 271 Å². The van der Waals surface area contributed by atoms with Crippen molar-refractivity contribution in [2.45, 2.75) is 67.6 Å². The number of aromatic nitrogens is 1. The Kier molecular flexibility index (Phi) is 9.80. The van der Waals surface area contributed by atoms with Crippen molar-refractivity contribution < 1.29 is 62.2 Å². The maximum absolute atomic E-state index is 13.8. The topological polar surface area (TPSA) is 149 Å². The molecule has 0 saturated carbocycles. The number of alkyl halides is 6. The van der Waals surface area contributed by atoms with E-state index in [4.69, 9.17) is 9.47 Å². The summed E-state index contributed by atoms with van der Waals surface area (Å²) in [5.41, 5.74) is -3.41. The summed E-state index contributed by atoms with van der Waals surface area (Å²) in [5.74, 6) is -2.18. The van der Waals surface area contributed by atoms with Gasteiger partial charge >= 0.3 is 18.3 Å². The molecule has 11 nitrogen and oxygen atoms in total. The molecule has 48 heavy (non-hydrogen) atoms. The Bertz CT molecular complexity index is 1940. The van der Waals surface area contributed by atoms with Gasteiger partial charge in [-0.15, -0.1) is 0 Å². The zero-order valence-corrected chi connectivity index (χ0v) is 26.8. The number of benzene rings is 2. The number of nitrogens with one attached hydrogen (secondary N) is 1. The highest BCUT2D eigenvalue weighted by Gasteiger charge is 2.39. The zero-order valence-electron chi connectivity index (χ0n) is 25.2. The number of hydrogen-bond acceptors (Lipinski definition) is 9. The van der Waals surface area contributed by atoms with Crippen LogP contribution in [0.2, 0.25) is 0 Å². The van der Waals surface area contributed by atoms with E-state index in [0.717, 1.165) is 12.1 Å². The third kappa shape index (κ3) is 8.74. The van der Waals surface area contributed by atoms with Crippen molar-refractivity contribution in [3.8, 4) is 5.75 Å². The third-order valence-electron chi connectivity index (χ3n) is 6.47. The van der Waals surface area contributed by atoms with E-state index in [-0.39, 0.29) is 29.5 Å². The van der Waals surface area contributed by atoms with E-state index >= 15 is 0 Å². The van der Waals surface area contributed by atoms with Crippen LogP contribution in [0.15, 0.2) is 70.7 Å². The number of sulfonamides is 2. The summed E-state index contributed by atoms with van der Waals surface area (Å²) in [6.45, 7) is 4.17. The van der Waals surface area contributed by atoms with Crippen molar-refractivity contribution in [2.24, 2.45) is 0 Å². The number of pyridine rings is 1. The molecule has 1 aliphatic heterocycles. The Morgan fingerprint density at radius 1 is 0.938 bits per heavy atom. The highest BCUT2D eigenvalue weighted by atomic mass is 32.2. The fourth-order valence-electron chi connectivity index (χ4n) is 4.49. The Balaban J connectivity index is 1.66. The standard InChI is InChI=1S/C29H27F6N3O8S2/c1-27(2,3)46-26(40)12-17-7-8-23-22(11-17)38(48(43,44)21-6-4-5-18(13-21)28(30,31)32)16-20(45-23)15-24(39)37-47(41,42)25-14-19(9-10-36-25)29(33,34)35/h4-11,13-14,20H,12,15-16H2,1-3H3,(H,37,39)/t20-/m0/s1. The summed E-state index contributed by atoms with van der Waals surface area (Å²) >= 11 is 0. The van der Waals surface area contributed by atoms with Gasteiger partial charge in [0.15, 0.2) is 5.03 Å². The van der Waals surface area contributed by atoms with Gasteiger partial charge in [-0.2, -0.15) is 34.8 Å². The van der Waals surface area contributed by atoms with E-state index in [2.05, 4.69) is 4.98 Å². The average Bonchev–Trinajstić information content (AvgIpc) is 2.95. The molecule has 0 saturated heterocycles. The predicted molar refractivity (Wildman–Crippen MR) is 156 cm³/mol. The number of esters is 1. The highest BCUT2D eigenvalue weighted by Crippen LogP contribution is 2.40. The van der Waals surface area contributed by atoms with Crippen molar-refractivity contribution in [3.63, 3.8) is 0 Å². The minimum atomic E-state index is -4.94. The van der Waals surface area contributed by atoms with Gasteiger partial charge in [-0.3, -0.25) is 13.9 Å². The zero-order chi connectivity index (χ0) is 35.9. The first-order valence-corrected chi connectivity index (χ1v) is 16.7. The number of nitrogens with zero attached hydrogens (tertiary/aromatic N) is 2. The van der Waals surface area contributed by atoms with Gasteiger partial charge in [-0.05, 0) is 68.8 Å². The second-order valence-electron chi connectivity index (χ2n) is 11.5. The molecule has 1 aromatic heterocycles. The molecule has 2 heterocycles. The van der Waals surface area contributed by atoms with E-state index in [1.807, 2.05) is 0 Å².